The molecule has 0 amide bonds. The Hall–Kier alpha value is -3.87. The molecule has 154 valence electrons. The standard InChI is InChI=1S/C24H20N4O3/c1-13-18(23-26-21-16(30-2)9-6-10-17(21)31-23)24(29)28-22(25-13)19(14-7-4-3-5-8-14)20(27-28)15-11-12-15/h3-10,15,27H,11-12H2,1-2H3. The van der Waals surface area contributed by atoms with Gasteiger partial charge in [0.05, 0.1) is 12.8 Å². The molecule has 1 aliphatic carbocycles. The molecule has 0 unspecified atom stereocenters. The van der Waals surface area contributed by atoms with Crippen molar-refractivity contribution in [3.63, 3.8) is 0 Å². The predicted molar refractivity (Wildman–Crippen MR) is 118 cm³/mol. The van der Waals surface area contributed by atoms with Crippen molar-refractivity contribution < 1.29 is 9.15 Å². The highest BCUT2D eigenvalue weighted by Crippen LogP contribution is 2.44. The van der Waals surface area contributed by atoms with E-state index < -0.39 is 0 Å². The zero-order chi connectivity index (χ0) is 21.1. The number of oxazole rings is 1. The molecule has 3 heterocycles. The van der Waals surface area contributed by atoms with Crippen molar-refractivity contribution in [1.29, 1.82) is 0 Å². The van der Waals surface area contributed by atoms with E-state index in [4.69, 9.17) is 14.1 Å². The number of aromatic amines is 1. The molecule has 0 saturated heterocycles. The Morgan fingerprint density at radius 1 is 1.06 bits per heavy atom. The molecule has 2 aromatic carbocycles. The lowest BCUT2D eigenvalue weighted by atomic mass is 10.0. The summed E-state index contributed by atoms with van der Waals surface area (Å²) in [6.45, 7) is 1.82. The lowest BCUT2D eigenvalue weighted by molar-refractivity contribution is 0.419. The number of methoxy groups -OCH3 is 1. The Bertz CT molecular complexity index is 1510. The number of aryl methyl sites for hydroxylation is 1. The number of hydrogen-bond acceptors (Lipinski definition) is 5. The summed E-state index contributed by atoms with van der Waals surface area (Å²) in [6.07, 6.45) is 2.22. The van der Waals surface area contributed by atoms with E-state index in [9.17, 15) is 4.79 Å². The first-order valence-electron chi connectivity index (χ1n) is 10.3. The third-order valence-electron chi connectivity index (χ3n) is 5.85. The summed E-state index contributed by atoms with van der Waals surface area (Å²) < 4.78 is 12.8. The van der Waals surface area contributed by atoms with E-state index in [-0.39, 0.29) is 11.4 Å². The molecule has 7 heteroatoms. The molecule has 3 aromatic heterocycles. The van der Waals surface area contributed by atoms with Gasteiger partial charge in [-0.25, -0.2) is 14.5 Å². The zero-order valence-corrected chi connectivity index (χ0v) is 17.2. The Labute approximate surface area is 177 Å². The van der Waals surface area contributed by atoms with Crippen LogP contribution in [0.5, 0.6) is 5.75 Å². The summed E-state index contributed by atoms with van der Waals surface area (Å²) >= 11 is 0. The number of aromatic nitrogens is 4. The number of benzene rings is 2. The molecule has 6 rings (SSSR count). The minimum absolute atomic E-state index is 0.225. The number of para-hydroxylation sites is 1. The molecular formula is C24H20N4O3. The highest BCUT2D eigenvalue weighted by molar-refractivity contribution is 5.84. The average molecular weight is 412 g/mol. The molecule has 0 spiro atoms. The van der Waals surface area contributed by atoms with Crippen LogP contribution in [-0.4, -0.2) is 26.7 Å². The number of rotatable bonds is 4. The van der Waals surface area contributed by atoms with Crippen molar-refractivity contribution in [2.45, 2.75) is 25.7 Å². The Kier molecular flexibility index (Phi) is 3.80. The second-order valence-electron chi connectivity index (χ2n) is 7.90. The molecule has 1 saturated carbocycles. The van der Waals surface area contributed by atoms with Crippen molar-refractivity contribution in [2.75, 3.05) is 7.11 Å². The van der Waals surface area contributed by atoms with Gasteiger partial charge in [0.1, 0.15) is 11.3 Å². The minimum atomic E-state index is -0.225. The summed E-state index contributed by atoms with van der Waals surface area (Å²) in [4.78, 5) is 23.0. The maximum absolute atomic E-state index is 13.6. The number of ether oxygens (including phenoxy) is 1. The Balaban J connectivity index is 1.63. The van der Waals surface area contributed by atoms with E-state index in [1.54, 1.807) is 13.2 Å². The lowest BCUT2D eigenvalue weighted by Crippen LogP contribution is -2.19. The smallest absolute Gasteiger partial charge is 0.285 e. The van der Waals surface area contributed by atoms with Gasteiger partial charge < -0.3 is 9.15 Å². The second kappa shape index (κ2) is 6.57. The van der Waals surface area contributed by atoms with Crippen LogP contribution in [0.15, 0.2) is 57.7 Å². The number of H-pyrrole nitrogens is 1. The van der Waals surface area contributed by atoms with Gasteiger partial charge in [-0.15, -0.1) is 0 Å². The second-order valence-corrected chi connectivity index (χ2v) is 7.90. The van der Waals surface area contributed by atoms with Crippen LogP contribution in [0.25, 0.3) is 39.3 Å². The average Bonchev–Trinajstić information content (AvgIpc) is 3.42. The van der Waals surface area contributed by atoms with Gasteiger partial charge in [-0.1, -0.05) is 36.4 Å². The molecule has 1 N–H and O–H groups in total. The first-order valence-corrected chi connectivity index (χ1v) is 10.3. The van der Waals surface area contributed by atoms with Gasteiger partial charge >= 0.3 is 0 Å². The molecule has 0 radical (unpaired) electrons. The topological polar surface area (TPSA) is 85.4 Å². The number of fused-ring (bicyclic) bond motifs is 2. The highest BCUT2D eigenvalue weighted by Gasteiger charge is 2.31. The van der Waals surface area contributed by atoms with Crippen LogP contribution in [0.2, 0.25) is 0 Å². The maximum Gasteiger partial charge on any atom is 0.285 e. The van der Waals surface area contributed by atoms with Gasteiger partial charge in [0, 0.05) is 17.2 Å². The predicted octanol–water partition coefficient (Wildman–Crippen LogP) is 4.69. The summed E-state index contributed by atoms with van der Waals surface area (Å²) in [6, 6.07) is 15.5. The van der Waals surface area contributed by atoms with E-state index in [0.29, 0.717) is 39.7 Å². The van der Waals surface area contributed by atoms with Crippen LogP contribution >= 0.6 is 0 Å². The summed E-state index contributed by atoms with van der Waals surface area (Å²) in [5.41, 5.74) is 5.58. The van der Waals surface area contributed by atoms with Crippen molar-refractivity contribution >= 4 is 16.7 Å². The van der Waals surface area contributed by atoms with Gasteiger partial charge in [-0.3, -0.25) is 9.89 Å². The summed E-state index contributed by atoms with van der Waals surface area (Å²) in [5.74, 6) is 1.27. The molecular weight excluding hydrogens is 392 g/mol. The van der Waals surface area contributed by atoms with Crippen LogP contribution in [0.1, 0.15) is 30.1 Å². The van der Waals surface area contributed by atoms with Gasteiger partial charge in [0.15, 0.2) is 16.7 Å². The quantitative estimate of drug-likeness (QED) is 0.463. The Morgan fingerprint density at radius 2 is 1.87 bits per heavy atom. The van der Waals surface area contributed by atoms with Crippen LogP contribution < -0.4 is 10.3 Å². The van der Waals surface area contributed by atoms with E-state index in [1.807, 2.05) is 37.3 Å². The largest absolute Gasteiger partial charge is 0.494 e. The van der Waals surface area contributed by atoms with Crippen LogP contribution in [0.3, 0.4) is 0 Å². The van der Waals surface area contributed by atoms with Gasteiger partial charge in [-0.2, -0.15) is 0 Å². The van der Waals surface area contributed by atoms with Crippen molar-refractivity contribution in [3.8, 4) is 28.3 Å². The number of hydrogen-bond donors (Lipinski definition) is 1. The summed E-state index contributed by atoms with van der Waals surface area (Å²) in [5, 5.41) is 3.33. The van der Waals surface area contributed by atoms with E-state index >= 15 is 0 Å². The fourth-order valence-electron chi connectivity index (χ4n) is 4.19. The molecule has 1 aliphatic rings. The minimum Gasteiger partial charge on any atom is -0.494 e. The molecule has 0 aliphatic heterocycles. The molecule has 7 nitrogen and oxygen atoms in total. The third-order valence-corrected chi connectivity index (χ3v) is 5.85. The normalized spacial score (nSPS) is 13.9. The fourth-order valence-corrected chi connectivity index (χ4v) is 4.19. The highest BCUT2D eigenvalue weighted by atomic mass is 16.5. The monoisotopic (exact) mass is 412 g/mol. The molecule has 31 heavy (non-hydrogen) atoms. The maximum atomic E-state index is 13.6. The van der Waals surface area contributed by atoms with Gasteiger partial charge in [0.25, 0.3) is 5.56 Å². The molecule has 5 aromatic rings. The third kappa shape index (κ3) is 2.70. The van der Waals surface area contributed by atoms with E-state index in [0.717, 1.165) is 29.7 Å². The summed E-state index contributed by atoms with van der Waals surface area (Å²) in [7, 11) is 1.58. The molecule has 1 fully saturated rings. The van der Waals surface area contributed by atoms with Gasteiger partial charge in [0.2, 0.25) is 5.89 Å². The molecule has 0 bridgehead atoms. The van der Waals surface area contributed by atoms with E-state index in [2.05, 4.69) is 22.2 Å². The van der Waals surface area contributed by atoms with Crippen molar-refractivity contribution in [1.82, 2.24) is 19.6 Å². The first kappa shape index (κ1) is 17.9. The fraction of sp³-hybridized carbons (Fsp3) is 0.208. The van der Waals surface area contributed by atoms with Crippen LogP contribution in [0, 0.1) is 6.92 Å². The lowest BCUT2D eigenvalue weighted by Gasteiger charge is -2.04. The van der Waals surface area contributed by atoms with Crippen LogP contribution in [0.4, 0.5) is 0 Å². The first-order chi connectivity index (χ1) is 15.2. The number of nitrogens with one attached hydrogen (secondary N) is 1. The van der Waals surface area contributed by atoms with Gasteiger partial charge in [-0.05, 0) is 37.5 Å². The zero-order valence-electron chi connectivity index (χ0n) is 17.2. The Morgan fingerprint density at radius 3 is 2.61 bits per heavy atom. The van der Waals surface area contributed by atoms with Crippen molar-refractivity contribution in [2.24, 2.45) is 0 Å². The number of nitrogens with zero attached hydrogens (tertiary/aromatic N) is 3. The molecule has 0 atom stereocenters. The SMILES string of the molecule is COc1cccc2oc(-c3c(C)nc4c(-c5ccccc5)c(C5CC5)[nH]n4c3=O)nc12. The van der Waals surface area contributed by atoms with E-state index in [1.165, 1.54) is 4.52 Å². The van der Waals surface area contributed by atoms with Crippen molar-refractivity contribution in [3.05, 3.63) is 70.3 Å². The van der Waals surface area contributed by atoms with Crippen LogP contribution in [-0.2, 0) is 0 Å².